The van der Waals surface area contributed by atoms with Crippen LogP contribution in [0.5, 0.6) is 0 Å². The van der Waals surface area contributed by atoms with Gasteiger partial charge in [-0.25, -0.2) is 0 Å². The lowest BCUT2D eigenvalue weighted by Gasteiger charge is -2.26. The number of aryl methyl sites for hydroxylation is 1. The minimum atomic E-state index is 0.662. The Bertz CT molecular complexity index is 924. The van der Waals surface area contributed by atoms with Crippen molar-refractivity contribution in [2.45, 2.75) is 45.3 Å². The van der Waals surface area contributed by atoms with Crippen LogP contribution in [0.3, 0.4) is 0 Å². The van der Waals surface area contributed by atoms with Gasteiger partial charge in [0.2, 0.25) is 0 Å². The van der Waals surface area contributed by atoms with Gasteiger partial charge in [0.05, 0.1) is 11.1 Å². The summed E-state index contributed by atoms with van der Waals surface area (Å²) in [5.74, 6) is 0. The Balaban J connectivity index is 1.71. The first-order valence-corrected chi connectivity index (χ1v) is 9.04. The summed E-state index contributed by atoms with van der Waals surface area (Å²) in [6, 6.07) is 17.7. The fraction of sp³-hybridized carbons (Fsp3) is 0.318. The number of nitriles is 1. The SMILES string of the molecule is Cc1ccc(Cn2cc(CNC3CCC3)c3cccc(C#N)c32)cc1. The maximum atomic E-state index is 9.56. The molecule has 3 aromatic rings. The van der Waals surface area contributed by atoms with Crippen LogP contribution in [0.2, 0.25) is 0 Å². The van der Waals surface area contributed by atoms with Gasteiger partial charge in [-0.1, -0.05) is 48.4 Å². The van der Waals surface area contributed by atoms with Crippen LogP contribution in [0.4, 0.5) is 0 Å². The van der Waals surface area contributed by atoms with Gasteiger partial charge in [-0.2, -0.15) is 5.26 Å². The largest absolute Gasteiger partial charge is 0.342 e. The molecule has 1 saturated carbocycles. The van der Waals surface area contributed by atoms with E-state index in [-0.39, 0.29) is 0 Å². The molecule has 0 amide bonds. The van der Waals surface area contributed by atoms with E-state index in [1.165, 1.54) is 41.3 Å². The number of nitrogens with zero attached hydrogens (tertiary/aromatic N) is 2. The maximum Gasteiger partial charge on any atom is 0.101 e. The van der Waals surface area contributed by atoms with Crippen LogP contribution in [0, 0.1) is 18.3 Å². The Morgan fingerprint density at radius 1 is 1.16 bits per heavy atom. The zero-order valence-electron chi connectivity index (χ0n) is 14.6. The first-order valence-electron chi connectivity index (χ1n) is 9.04. The van der Waals surface area contributed by atoms with E-state index in [2.05, 4.69) is 59.4 Å². The van der Waals surface area contributed by atoms with E-state index in [9.17, 15) is 5.26 Å². The van der Waals surface area contributed by atoms with Crippen molar-refractivity contribution in [1.29, 1.82) is 5.26 Å². The topological polar surface area (TPSA) is 40.8 Å². The molecule has 1 aliphatic carbocycles. The van der Waals surface area contributed by atoms with Crippen LogP contribution in [-0.4, -0.2) is 10.6 Å². The fourth-order valence-electron chi connectivity index (χ4n) is 3.55. The van der Waals surface area contributed by atoms with E-state index in [1.54, 1.807) is 0 Å². The minimum Gasteiger partial charge on any atom is -0.342 e. The summed E-state index contributed by atoms with van der Waals surface area (Å²) in [5, 5.41) is 14.4. The van der Waals surface area contributed by atoms with Crippen molar-refractivity contribution < 1.29 is 0 Å². The second-order valence-corrected chi connectivity index (χ2v) is 7.09. The Kier molecular flexibility index (Phi) is 4.29. The number of hydrogen-bond acceptors (Lipinski definition) is 2. The average Bonchev–Trinajstić information content (AvgIpc) is 2.93. The second-order valence-electron chi connectivity index (χ2n) is 7.09. The molecule has 0 spiro atoms. The summed E-state index contributed by atoms with van der Waals surface area (Å²) in [7, 11) is 0. The fourth-order valence-corrected chi connectivity index (χ4v) is 3.55. The van der Waals surface area contributed by atoms with E-state index in [1.807, 2.05) is 12.1 Å². The number of hydrogen-bond donors (Lipinski definition) is 1. The number of fused-ring (bicyclic) bond motifs is 1. The van der Waals surface area contributed by atoms with Crippen molar-refractivity contribution in [1.82, 2.24) is 9.88 Å². The van der Waals surface area contributed by atoms with E-state index in [4.69, 9.17) is 0 Å². The summed E-state index contributed by atoms with van der Waals surface area (Å²) in [4.78, 5) is 0. The molecule has 3 nitrogen and oxygen atoms in total. The molecule has 0 atom stereocenters. The lowest BCUT2D eigenvalue weighted by molar-refractivity contribution is 0.338. The highest BCUT2D eigenvalue weighted by atomic mass is 15.0. The molecule has 0 aliphatic heterocycles. The number of benzene rings is 2. The number of nitrogens with one attached hydrogen (secondary N) is 1. The normalized spacial score (nSPS) is 14.4. The van der Waals surface area contributed by atoms with Gasteiger partial charge in [0.15, 0.2) is 0 Å². The third-order valence-electron chi connectivity index (χ3n) is 5.26. The first kappa shape index (κ1) is 15.9. The Morgan fingerprint density at radius 2 is 1.96 bits per heavy atom. The Labute approximate surface area is 148 Å². The molecule has 1 aromatic heterocycles. The molecule has 25 heavy (non-hydrogen) atoms. The maximum absolute atomic E-state index is 9.56. The molecule has 0 bridgehead atoms. The highest BCUT2D eigenvalue weighted by Crippen LogP contribution is 2.27. The van der Waals surface area contributed by atoms with Gasteiger partial charge >= 0.3 is 0 Å². The quantitative estimate of drug-likeness (QED) is 0.748. The predicted octanol–water partition coefficient (Wildman–Crippen LogP) is 4.51. The van der Waals surface area contributed by atoms with Gasteiger partial charge < -0.3 is 9.88 Å². The van der Waals surface area contributed by atoms with Gasteiger partial charge in [-0.05, 0) is 37.0 Å². The molecule has 0 saturated heterocycles. The average molecular weight is 329 g/mol. The van der Waals surface area contributed by atoms with E-state index >= 15 is 0 Å². The first-order chi connectivity index (χ1) is 12.2. The van der Waals surface area contributed by atoms with Crippen LogP contribution in [0.1, 0.15) is 41.5 Å². The highest BCUT2D eigenvalue weighted by molar-refractivity contribution is 5.88. The number of aromatic nitrogens is 1. The summed E-state index contributed by atoms with van der Waals surface area (Å²) >= 11 is 0. The molecular formula is C22H23N3. The van der Waals surface area contributed by atoms with Gasteiger partial charge in [0.25, 0.3) is 0 Å². The third-order valence-corrected chi connectivity index (χ3v) is 5.26. The molecular weight excluding hydrogens is 306 g/mol. The molecule has 0 radical (unpaired) electrons. The van der Waals surface area contributed by atoms with E-state index < -0.39 is 0 Å². The van der Waals surface area contributed by atoms with Crippen molar-refractivity contribution in [3.63, 3.8) is 0 Å². The number of rotatable bonds is 5. The molecule has 1 fully saturated rings. The van der Waals surface area contributed by atoms with Crippen molar-refractivity contribution in [2.75, 3.05) is 0 Å². The van der Waals surface area contributed by atoms with Crippen molar-refractivity contribution in [2.24, 2.45) is 0 Å². The van der Waals surface area contributed by atoms with E-state index in [0.29, 0.717) is 6.04 Å². The van der Waals surface area contributed by atoms with Crippen LogP contribution in [-0.2, 0) is 13.1 Å². The summed E-state index contributed by atoms with van der Waals surface area (Å²) in [6.07, 6.45) is 6.12. The molecule has 1 heterocycles. The third kappa shape index (κ3) is 3.18. The number of para-hydroxylation sites is 1. The minimum absolute atomic E-state index is 0.662. The Hall–Kier alpha value is -2.57. The van der Waals surface area contributed by atoms with E-state index in [0.717, 1.165) is 24.2 Å². The van der Waals surface area contributed by atoms with Crippen LogP contribution >= 0.6 is 0 Å². The molecule has 2 aromatic carbocycles. The van der Waals surface area contributed by atoms with Crippen molar-refractivity contribution >= 4 is 10.9 Å². The monoisotopic (exact) mass is 329 g/mol. The zero-order valence-corrected chi connectivity index (χ0v) is 14.6. The predicted molar refractivity (Wildman–Crippen MR) is 101 cm³/mol. The summed E-state index contributed by atoms with van der Waals surface area (Å²) < 4.78 is 2.23. The van der Waals surface area contributed by atoms with Crippen molar-refractivity contribution in [3.8, 4) is 6.07 Å². The van der Waals surface area contributed by atoms with Crippen LogP contribution in [0.25, 0.3) is 10.9 Å². The van der Waals surface area contributed by atoms with Crippen molar-refractivity contribution in [3.05, 3.63) is 70.9 Å². The second kappa shape index (κ2) is 6.74. The molecule has 1 N–H and O–H groups in total. The van der Waals surface area contributed by atoms with Gasteiger partial charge in [0.1, 0.15) is 6.07 Å². The van der Waals surface area contributed by atoms with Gasteiger partial charge in [-0.3, -0.25) is 0 Å². The summed E-state index contributed by atoms with van der Waals surface area (Å²) in [5.41, 5.74) is 5.61. The molecule has 3 heteroatoms. The van der Waals surface area contributed by atoms with Gasteiger partial charge in [0, 0.05) is 30.7 Å². The van der Waals surface area contributed by atoms with Gasteiger partial charge in [-0.15, -0.1) is 0 Å². The van der Waals surface area contributed by atoms with Crippen LogP contribution < -0.4 is 5.32 Å². The van der Waals surface area contributed by atoms with Crippen LogP contribution in [0.15, 0.2) is 48.7 Å². The molecule has 4 rings (SSSR count). The zero-order chi connectivity index (χ0) is 17.2. The highest BCUT2D eigenvalue weighted by Gasteiger charge is 2.18. The smallest absolute Gasteiger partial charge is 0.101 e. The standard InChI is InChI=1S/C22H23N3/c1-16-8-10-17(11-9-16)14-25-15-19(13-24-20-5-3-6-20)21-7-2-4-18(12-23)22(21)25/h2,4,7-11,15,20,24H,3,5-6,13-14H2,1H3. The molecule has 0 unspecified atom stereocenters. The lowest BCUT2D eigenvalue weighted by Crippen LogP contribution is -2.34. The molecule has 1 aliphatic rings. The molecule has 126 valence electrons. The lowest BCUT2D eigenvalue weighted by atomic mass is 9.93. The summed E-state index contributed by atoms with van der Waals surface area (Å²) in [6.45, 7) is 3.77. The Morgan fingerprint density at radius 3 is 2.64 bits per heavy atom.